The molecule has 1 aromatic rings. The Kier molecular flexibility index (Phi) is 4.13. The van der Waals surface area contributed by atoms with Crippen molar-refractivity contribution in [3.05, 3.63) is 35.4 Å². The zero-order valence-electron chi connectivity index (χ0n) is 12.9. The minimum atomic E-state index is 0.407. The molecule has 3 rings (SSSR count). The molecule has 3 atom stereocenters. The van der Waals surface area contributed by atoms with Gasteiger partial charge in [0.25, 0.3) is 0 Å². The first-order valence-corrected chi connectivity index (χ1v) is 8.12. The predicted octanol–water partition coefficient (Wildman–Crippen LogP) is 4.03. The van der Waals surface area contributed by atoms with Crippen LogP contribution in [0.4, 0.5) is 0 Å². The minimum Gasteiger partial charge on any atom is -0.376 e. The molecule has 1 N–H and O–H groups in total. The third-order valence-corrected chi connectivity index (χ3v) is 4.79. The van der Waals surface area contributed by atoms with Crippen LogP contribution in [0.2, 0.25) is 0 Å². The smallest absolute Gasteiger partial charge is 0.0757 e. The zero-order chi connectivity index (χ0) is 14.1. The number of ether oxygens (including phenoxy) is 1. The van der Waals surface area contributed by atoms with Gasteiger partial charge in [-0.25, -0.2) is 0 Å². The van der Waals surface area contributed by atoms with Gasteiger partial charge in [0.15, 0.2) is 0 Å². The lowest BCUT2D eigenvalue weighted by atomic mass is 9.98. The highest BCUT2D eigenvalue weighted by atomic mass is 16.5. The van der Waals surface area contributed by atoms with E-state index in [1.165, 1.54) is 24.0 Å². The fraction of sp³-hybridized carbons (Fsp3) is 0.667. The number of rotatable bonds is 5. The largest absolute Gasteiger partial charge is 0.376 e. The normalized spacial score (nSPS) is 28.0. The highest BCUT2D eigenvalue weighted by Crippen LogP contribution is 2.39. The van der Waals surface area contributed by atoms with Gasteiger partial charge < -0.3 is 10.1 Å². The van der Waals surface area contributed by atoms with Crippen LogP contribution in [0.3, 0.4) is 0 Å². The van der Waals surface area contributed by atoms with E-state index in [2.05, 4.69) is 50.4 Å². The summed E-state index contributed by atoms with van der Waals surface area (Å²) in [6.07, 6.45) is 4.35. The number of nitrogens with one attached hydrogen (secondary N) is 1. The first-order valence-electron chi connectivity index (χ1n) is 8.12. The molecule has 20 heavy (non-hydrogen) atoms. The van der Waals surface area contributed by atoms with Crippen molar-refractivity contribution in [2.45, 2.75) is 64.1 Å². The van der Waals surface area contributed by atoms with E-state index in [1.54, 1.807) is 0 Å². The molecule has 2 heteroatoms. The number of hydrogen-bond donors (Lipinski definition) is 1. The molecule has 3 unspecified atom stereocenters. The van der Waals surface area contributed by atoms with Crippen LogP contribution in [0, 0.1) is 5.92 Å². The molecule has 1 aliphatic heterocycles. The Bertz CT molecular complexity index is 435. The van der Waals surface area contributed by atoms with Gasteiger partial charge in [-0.3, -0.25) is 0 Å². The highest BCUT2D eigenvalue weighted by molar-refractivity contribution is 5.26. The Morgan fingerprint density at radius 3 is 2.25 bits per heavy atom. The summed E-state index contributed by atoms with van der Waals surface area (Å²) >= 11 is 0. The second-order valence-corrected chi connectivity index (χ2v) is 6.78. The molecule has 0 aromatic heterocycles. The molecular formula is C18H27NO. The summed E-state index contributed by atoms with van der Waals surface area (Å²) in [7, 11) is 0. The zero-order valence-corrected chi connectivity index (χ0v) is 12.9. The van der Waals surface area contributed by atoms with Crippen molar-refractivity contribution < 1.29 is 4.74 Å². The summed E-state index contributed by atoms with van der Waals surface area (Å²) in [6, 6.07) is 10.0. The average molecular weight is 273 g/mol. The molecule has 0 amide bonds. The molecule has 1 aromatic carbocycles. The lowest BCUT2D eigenvalue weighted by Gasteiger charge is -2.24. The fourth-order valence-corrected chi connectivity index (χ4v) is 3.27. The van der Waals surface area contributed by atoms with E-state index in [0.29, 0.717) is 24.1 Å². The first kappa shape index (κ1) is 14.1. The predicted molar refractivity (Wildman–Crippen MR) is 83.0 cm³/mol. The second kappa shape index (κ2) is 5.87. The standard InChI is InChI=1S/C18H27NO/c1-12(2)14-4-6-15(7-5-14)13(3)19-17-10-11-20-18(17)16-8-9-16/h4-7,12-13,16-19H,8-11H2,1-3H3. The van der Waals surface area contributed by atoms with Crippen molar-refractivity contribution in [2.75, 3.05) is 6.61 Å². The maximum absolute atomic E-state index is 5.91. The van der Waals surface area contributed by atoms with E-state index in [1.807, 2.05) is 0 Å². The van der Waals surface area contributed by atoms with E-state index >= 15 is 0 Å². The molecule has 1 aliphatic carbocycles. The third kappa shape index (κ3) is 3.07. The third-order valence-electron chi connectivity index (χ3n) is 4.79. The molecule has 2 nitrogen and oxygen atoms in total. The van der Waals surface area contributed by atoms with E-state index in [4.69, 9.17) is 4.74 Å². The average Bonchev–Trinajstić information content (AvgIpc) is 3.19. The SMILES string of the molecule is CC(C)c1ccc(C(C)NC2CCOC2C2CC2)cc1. The second-order valence-electron chi connectivity index (χ2n) is 6.78. The molecule has 2 aliphatic rings. The van der Waals surface area contributed by atoms with Crippen molar-refractivity contribution in [3.63, 3.8) is 0 Å². The first-order chi connectivity index (χ1) is 9.65. The Morgan fingerprint density at radius 1 is 1.00 bits per heavy atom. The molecule has 1 saturated carbocycles. The van der Waals surface area contributed by atoms with E-state index in [0.717, 1.165) is 18.9 Å². The summed E-state index contributed by atoms with van der Waals surface area (Å²) in [5.74, 6) is 1.43. The Balaban J connectivity index is 1.61. The van der Waals surface area contributed by atoms with E-state index < -0.39 is 0 Å². The number of hydrogen-bond acceptors (Lipinski definition) is 2. The van der Waals surface area contributed by atoms with Crippen molar-refractivity contribution in [3.8, 4) is 0 Å². The van der Waals surface area contributed by atoms with Crippen LogP contribution < -0.4 is 5.32 Å². The van der Waals surface area contributed by atoms with Crippen molar-refractivity contribution in [2.24, 2.45) is 5.92 Å². The van der Waals surface area contributed by atoms with Crippen LogP contribution in [0.5, 0.6) is 0 Å². The molecular weight excluding hydrogens is 246 g/mol. The van der Waals surface area contributed by atoms with Crippen molar-refractivity contribution in [1.82, 2.24) is 5.32 Å². The van der Waals surface area contributed by atoms with Gasteiger partial charge >= 0.3 is 0 Å². The number of benzene rings is 1. The van der Waals surface area contributed by atoms with E-state index in [9.17, 15) is 0 Å². The highest BCUT2D eigenvalue weighted by Gasteiger charge is 2.40. The molecule has 1 heterocycles. The van der Waals surface area contributed by atoms with Gasteiger partial charge in [0.2, 0.25) is 0 Å². The lowest BCUT2D eigenvalue weighted by Crippen LogP contribution is -2.39. The summed E-state index contributed by atoms with van der Waals surface area (Å²) in [4.78, 5) is 0. The van der Waals surface area contributed by atoms with Crippen LogP contribution in [0.15, 0.2) is 24.3 Å². The van der Waals surface area contributed by atoms with Gasteiger partial charge in [-0.2, -0.15) is 0 Å². The summed E-state index contributed by atoms with van der Waals surface area (Å²) < 4.78 is 5.91. The maximum atomic E-state index is 5.91. The molecule has 0 radical (unpaired) electrons. The molecule has 0 spiro atoms. The van der Waals surface area contributed by atoms with Crippen LogP contribution in [-0.2, 0) is 4.74 Å². The van der Waals surface area contributed by atoms with Gasteiger partial charge in [-0.05, 0) is 49.1 Å². The molecule has 2 fully saturated rings. The molecule has 0 bridgehead atoms. The van der Waals surface area contributed by atoms with Crippen LogP contribution in [-0.4, -0.2) is 18.8 Å². The minimum absolute atomic E-state index is 0.407. The maximum Gasteiger partial charge on any atom is 0.0757 e. The Morgan fingerprint density at radius 2 is 1.65 bits per heavy atom. The van der Waals surface area contributed by atoms with Crippen LogP contribution in [0.25, 0.3) is 0 Å². The van der Waals surface area contributed by atoms with Gasteiger partial charge in [0.05, 0.1) is 6.10 Å². The van der Waals surface area contributed by atoms with Crippen molar-refractivity contribution in [1.29, 1.82) is 0 Å². The van der Waals surface area contributed by atoms with Crippen LogP contribution in [0.1, 0.15) is 63.1 Å². The van der Waals surface area contributed by atoms with Gasteiger partial charge in [-0.15, -0.1) is 0 Å². The van der Waals surface area contributed by atoms with Gasteiger partial charge in [0, 0.05) is 18.7 Å². The Hall–Kier alpha value is -0.860. The summed E-state index contributed by atoms with van der Waals surface area (Å²) in [6.45, 7) is 7.68. The monoisotopic (exact) mass is 273 g/mol. The summed E-state index contributed by atoms with van der Waals surface area (Å²) in [5, 5.41) is 3.79. The molecule has 110 valence electrons. The summed E-state index contributed by atoms with van der Waals surface area (Å²) in [5.41, 5.74) is 2.80. The van der Waals surface area contributed by atoms with Crippen LogP contribution >= 0.6 is 0 Å². The van der Waals surface area contributed by atoms with Gasteiger partial charge in [0.1, 0.15) is 0 Å². The Labute approximate surface area is 122 Å². The molecule has 1 saturated heterocycles. The van der Waals surface area contributed by atoms with Gasteiger partial charge in [-0.1, -0.05) is 38.1 Å². The van der Waals surface area contributed by atoms with Crippen molar-refractivity contribution >= 4 is 0 Å². The lowest BCUT2D eigenvalue weighted by molar-refractivity contribution is 0.0793. The quantitative estimate of drug-likeness (QED) is 0.874. The fourth-order valence-electron chi connectivity index (χ4n) is 3.27. The van der Waals surface area contributed by atoms with E-state index in [-0.39, 0.29) is 0 Å². The topological polar surface area (TPSA) is 21.3 Å².